The van der Waals surface area contributed by atoms with E-state index in [0.717, 1.165) is 32.5 Å². The maximum absolute atomic E-state index is 12.0. The fourth-order valence-electron chi connectivity index (χ4n) is 1.68. The van der Waals surface area contributed by atoms with Crippen LogP contribution in [0.2, 0.25) is 0 Å². The summed E-state index contributed by atoms with van der Waals surface area (Å²) in [6.07, 6.45) is 5.35. The van der Waals surface area contributed by atoms with Gasteiger partial charge in [0.05, 0.1) is 0 Å². The number of ether oxygens (including phenoxy) is 1. The molecule has 0 aliphatic rings. The van der Waals surface area contributed by atoms with E-state index in [4.69, 9.17) is 4.74 Å². The zero-order chi connectivity index (χ0) is 13.4. The summed E-state index contributed by atoms with van der Waals surface area (Å²) in [6.45, 7) is 6.40. The zero-order valence-corrected chi connectivity index (χ0v) is 11.5. The highest BCUT2D eigenvalue weighted by molar-refractivity contribution is 5.30. The second-order valence-electron chi connectivity index (χ2n) is 4.75. The predicted molar refractivity (Wildman–Crippen MR) is 72.9 cm³/mol. The molecule has 1 aromatic rings. The Balaban J connectivity index is 2.53. The Morgan fingerprint density at radius 1 is 1.44 bits per heavy atom. The lowest BCUT2D eigenvalue weighted by atomic mass is 10.2. The molecule has 1 heterocycles. The van der Waals surface area contributed by atoms with Crippen LogP contribution in [0.5, 0.6) is 0 Å². The number of anilines is 1. The van der Waals surface area contributed by atoms with Crippen molar-refractivity contribution in [3.05, 3.63) is 22.7 Å². The molecule has 0 aliphatic heterocycles. The number of hydrogen-bond donors (Lipinski definition) is 1. The Labute approximate surface area is 108 Å². The minimum absolute atomic E-state index is 0.0436. The second-order valence-corrected chi connectivity index (χ2v) is 4.75. The second kappa shape index (κ2) is 7.87. The van der Waals surface area contributed by atoms with Crippen molar-refractivity contribution in [1.82, 2.24) is 9.55 Å². The molecule has 0 saturated heterocycles. The summed E-state index contributed by atoms with van der Waals surface area (Å²) in [4.78, 5) is 16.1. The summed E-state index contributed by atoms with van der Waals surface area (Å²) in [5.41, 5.74) is -0.0436. The van der Waals surface area contributed by atoms with Gasteiger partial charge in [0.1, 0.15) is 0 Å². The summed E-state index contributed by atoms with van der Waals surface area (Å²) in [6, 6.07) is 0. The molecule has 0 unspecified atom stereocenters. The molecule has 1 aromatic heterocycles. The lowest BCUT2D eigenvalue weighted by Gasteiger charge is -2.10. The summed E-state index contributed by atoms with van der Waals surface area (Å²) in [5.74, 6) is 0.884. The lowest BCUT2D eigenvalue weighted by molar-refractivity contribution is 0.194. The minimum atomic E-state index is -0.0436. The molecule has 0 fully saturated rings. The normalized spacial score (nSPS) is 10.9. The molecule has 18 heavy (non-hydrogen) atoms. The fourth-order valence-corrected chi connectivity index (χ4v) is 1.68. The summed E-state index contributed by atoms with van der Waals surface area (Å²) < 4.78 is 6.67. The van der Waals surface area contributed by atoms with Crippen LogP contribution >= 0.6 is 0 Å². The Kier molecular flexibility index (Phi) is 6.43. The van der Waals surface area contributed by atoms with E-state index in [9.17, 15) is 4.79 Å². The smallest absolute Gasteiger partial charge is 0.293 e. The lowest BCUT2D eigenvalue weighted by Crippen LogP contribution is -2.26. The van der Waals surface area contributed by atoms with Crippen LogP contribution in [0, 0.1) is 5.92 Å². The van der Waals surface area contributed by atoms with E-state index in [1.807, 2.05) is 0 Å². The van der Waals surface area contributed by atoms with Gasteiger partial charge in [0, 0.05) is 39.2 Å². The third kappa shape index (κ3) is 4.87. The highest BCUT2D eigenvalue weighted by Gasteiger charge is 2.05. The first-order valence-electron chi connectivity index (χ1n) is 6.43. The minimum Gasteiger partial charge on any atom is -0.385 e. The van der Waals surface area contributed by atoms with Crippen LogP contribution in [0.25, 0.3) is 0 Å². The molecule has 0 bridgehead atoms. The molecule has 0 radical (unpaired) electrons. The van der Waals surface area contributed by atoms with Gasteiger partial charge in [-0.05, 0) is 18.8 Å². The van der Waals surface area contributed by atoms with Gasteiger partial charge in [-0.1, -0.05) is 13.8 Å². The van der Waals surface area contributed by atoms with Gasteiger partial charge in [-0.25, -0.2) is 4.98 Å². The van der Waals surface area contributed by atoms with Crippen LogP contribution in [-0.2, 0) is 11.3 Å². The molecular formula is C13H23N3O2. The molecular weight excluding hydrogens is 230 g/mol. The van der Waals surface area contributed by atoms with Gasteiger partial charge >= 0.3 is 0 Å². The molecule has 0 saturated carbocycles. The first-order valence-corrected chi connectivity index (χ1v) is 6.43. The zero-order valence-electron chi connectivity index (χ0n) is 11.5. The standard InChI is InChI=1S/C13H23N3O2/c1-11(2)10-16-8-7-15-12(13(16)17)14-6-4-5-9-18-3/h7-8,11H,4-6,9-10H2,1-3H3,(H,14,15). The van der Waals surface area contributed by atoms with E-state index in [-0.39, 0.29) is 5.56 Å². The SMILES string of the molecule is COCCCCNc1nccn(CC(C)C)c1=O. The van der Waals surface area contributed by atoms with E-state index < -0.39 is 0 Å². The molecule has 0 amide bonds. The topological polar surface area (TPSA) is 56.1 Å². The quantitative estimate of drug-likeness (QED) is 0.717. The van der Waals surface area contributed by atoms with Gasteiger partial charge in [-0.3, -0.25) is 4.79 Å². The summed E-state index contributed by atoms with van der Waals surface area (Å²) in [5, 5.41) is 3.09. The summed E-state index contributed by atoms with van der Waals surface area (Å²) >= 11 is 0. The maximum Gasteiger partial charge on any atom is 0.293 e. The Morgan fingerprint density at radius 2 is 2.22 bits per heavy atom. The van der Waals surface area contributed by atoms with Crippen molar-refractivity contribution < 1.29 is 4.74 Å². The van der Waals surface area contributed by atoms with Crippen LogP contribution in [0.4, 0.5) is 5.82 Å². The highest BCUT2D eigenvalue weighted by Crippen LogP contribution is 1.99. The number of unbranched alkanes of at least 4 members (excludes halogenated alkanes) is 1. The van der Waals surface area contributed by atoms with Crippen LogP contribution in [0.3, 0.4) is 0 Å². The predicted octanol–water partition coefficient (Wildman–Crippen LogP) is 1.74. The molecule has 5 heteroatoms. The Morgan fingerprint density at radius 3 is 2.89 bits per heavy atom. The fraction of sp³-hybridized carbons (Fsp3) is 0.692. The molecule has 1 rings (SSSR count). The van der Waals surface area contributed by atoms with E-state index in [1.165, 1.54) is 0 Å². The van der Waals surface area contributed by atoms with E-state index in [2.05, 4.69) is 24.1 Å². The van der Waals surface area contributed by atoms with Gasteiger partial charge in [0.2, 0.25) is 0 Å². The number of aromatic nitrogens is 2. The average Bonchev–Trinajstić information content (AvgIpc) is 2.33. The molecule has 0 aromatic carbocycles. The van der Waals surface area contributed by atoms with Crippen molar-refractivity contribution in [2.75, 3.05) is 25.6 Å². The summed E-state index contributed by atoms with van der Waals surface area (Å²) in [7, 11) is 1.69. The van der Waals surface area contributed by atoms with E-state index in [0.29, 0.717) is 11.7 Å². The molecule has 1 N–H and O–H groups in total. The van der Waals surface area contributed by atoms with Crippen LogP contribution in [0.15, 0.2) is 17.2 Å². The molecule has 0 atom stereocenters. The average molecular weight is 253 g/mol. The van der Waals surface area contributed by atoms with Gasteiger partial charge in [-0.15, -0.1) is 0 Å². The van der Waals surface area contributed by atoms with Crippen molar-refractivity contribution in [2.24, 2.45) is 5.92 Å². The van der Waals surface area contributed by atoms with Gasteiger partial charge in [0.15, 0.2) is 5.82 Å². The van der Waals surface area contributed by atoms with Crippen LogP contribution < -0.4 is 10.9 Å². The van der Waals surface area contributed by atoms with Gasteiger partial charge in [0.25, 0.3) is 5.56 Å². The van der Waals surface area contributed by atoms with Crippen LogP contribution in [0.1, 0.15) is 26.7 Å². The number of methoxy groups -OCH3 is 1. The van der Waals surface area contributed by atoms with Crippen molar-refractivity contribution in [2.45, 2.75) is 33.2 Å². The highest BCUT2D eigenvalue weighted by atomic mass is 16.5. The third-order valence-electron chi connectivity index (χ3n) is 2.54. The van der Waals surface area contributed by atoms with Gasteiger partial charge < -0.3 is 14.6 Å². The van der Waals surface area contributed by atoms with Crippen molar-refractivity contribution in [3.63, 3.8) is 0 Å². The largest absolute Gasteiger partial charge is 0.385 e. The number of nitrogens with zero attached hydrogens (tertiary/aromatic N) is 2. The Bertz CT molecular complexity index is 401. The van der Waals surface area contributed by atoms with Gasteiger partial charge in [-0.2, -0.15) is 0 Å². The first-order chi connectivity index (χ1) is 8.65. The van der Waals surface area contributed by atoms with Crippen molar-refractivity contribution in [3.8, 4) is 0 Å². The molecule has 0 aliphatic carbocycles. The van der Waals surface area contributed by atoms with E-state index in [1.54, 1.807) is 24.1 Å². The number of rotatable bonds is 8. The monoisotopic (exact) mass is 253 g/mol. The molecule has 5 nitrogen and oxygen atoms in total. The third-order valence-corrected chi connectivity index (χ3v) is 2.54. The molecule has 102 valence electrons. The van der Waals surface area contributed by atoms with Crippen molar-refractivity contribution >= 4 is 5.82 Å². The van der Waals surface area contributed by atoms with Crippen molar-refractivity contribution in [1.29, 1.82) is 0 Å². The maximum atomic E-state index is 12.0. The number of nitrogens with one attached hydrogen (secondary N) is 1. The van der Waals surface area contributed by atoms with Crippen LogP contribution in [-0.4, -0.2) is 29.8 Å². The number of hydrogen-bond acceptors (Lipinski definition) is 4. The molecule has 0 spiro atoms. The van der Waals surface area contributed by atoms with E-state index >= 15 is 0 Å². The first kappa shape index (κ1) is 14.7. The Hall–Kier alpha value is -1.36.